The van der Waals surface area contributed by atoms with Crippen molar-refractivity contribution in [2.24, 2.45) is 0 Å². The van der Waals surface area contributed by atoms with Gasteiger partial charge in [-0.15, -0.1) is 0 Å². The second kappa shape index (κ2) is 2.67. The predicted octanol–water partition coefficient (Wildman–Crippen LogP) is 2.85. The normalized spacial score (nSPS) is 10.8. The third kappa shape index (κ3) is 1.11. The third-order valence-electron chi connectivity index (χ3n) is 2.10. The van der Waals surface area contributed by atoms with Crippen LogP contribution >= 0.6 is 0 Å². The lowest BCUT2D eigenvalue weighted by Crippen LogP contribution is -1.75. The second-order valence-corrected chi connectivity index (χ2v) is 3.14. The van der Waals surface area contributed by atoms with Crippen molar-refractivity contribution in [2.45, 2.75) is 13.3 Å². The summed E-state index contributed by atoms with van der Waals surface area (Å²) >= 11 is 0. The van der Waals surface area contributed by atoms with Gasteiger partial charge in [0.05, 0.1) is 0 Å². The van der Waals surface area contributed by atoms with Crippen LogP contribution in [-0.4, -0.2) is 4.98 Å². The molecule has 1 heteroatoms. The average Bonchev–Trinajstić information content (AvgIpc) is 2.46. The third-order valence-corrected chi connectivity index (χ3v) is 2.10. The molecule has 1 nitrogen and oxygen atoms in total. The monoisotopic (exact) mass is 158 g/mol. The van der Waals surface area contributed by atoms with Gasteiger partial charge in [0.2, 0.25) is 0 Å². The summed E-state index contributed by atoms with van der Waals surface area (Å²) in [6.45, 7) is 5.95. The van der Waals surface area contributed by atoms with Crippen molar-refractivity contribution in [3.8, 4) is 0 Å². The van der Waals surface area contributed by atoms with Crippen molar-refractivity contribution in [3.05, 3.63) is 42.4 Å². The van der Waals surface area contributed by atoms with Crippen molar-refractivity contribution in [3.63, 3.8) is 0 Å². The summed E-state index contributed by atoms with van der Waals surface area (Å²) in [5, 5.41) is 1.29. The molecule has 1 aromatic heterocycles. The van der Waals surface area contributed by atoms with Crippen molar-refractivity contribution < 1.29 is 0 Å². The molecule has 12 heavy (non-hydrogen) atoms. The number of H-pyrrole nitrogens is 1. The molecule has 0 unspecified atom stereocenters. The topological polar surface area (TPSA) is 15.8 Å². The van der Waals surface area contributed by atoms with Crippen LogP contribution in [0, 0.1) is 13.8 Å². The molecule has 0 aliphatic rings. The lowest BCUT2D eigenvalue weighted by molar-refractivity contribution is 1.17. The van der Waals surface area contributed by atoms with Crippen molar-refractivity contribution >= 4 is 10.9 Å². The summed E-state index contributed by atoms with van der Waals surface area (Å²) in [6, 6.07) is 8.58. The summed E-state index contributed by atoms with van der Waals surface area (Å²) in [7, 11) is 0. The van der Waals surface area contributed by atoms with Gasteiger partial charge in [-0.25, -0.2) is 0 Å². The van der Waals surface area contributed by atoms with Gasteiger partial charge in [-0.3, -0.25) is 0 Å². The standard InChI is InChI=1S/C11H12N/c1-3-10-7-9-6-8(2)4-5-11(9)12-10/h4-7,12H,1,3H2,2H3. The minimum Gasteiger partial charge on any atom is -0.358 e. The SMILES string of the molecule is [CH2]Cc1cc2cc(C)ccc2[nH]1. The van der Waals surface area contributed by atoms with Crippen molar-refractivity contribution in [1.82, 2.24) is 4.98 Å². The van der Waals surface area contributed by atoms with Gasteiger partial charge in [0.25, 0.3) is 0 Å². The van der Waals surface area contributed by atoms with Crippen LogP contribution in [0.15, 0.2) is 24.3 Å². The van der Waals surface area contributed by atoms with Gasteiger partial charge < -0.3 is 4.98 Å². The summed E-state index contributed by atoms with van der Waals surface area (Å²) in [5.41, 5.74) is 3.71. The maximum absolute atomic E-state index is 3.84. The molecule has 2 rings (SSSR count). The highest BCUT2D eigenvalue weighted by Crippen LogP contribution is 2.16. The summed E-state index contributed by atoms with van der Waals surface area (Å²) in [5.74, 6) is 0. The molecule has 0 spiro atoms. The van der Waals surface area contributed by atoms with E-state index in [1.54, 1.807) is 0 Å². The molecular formula is C11H12N. The lowest BCUT2D eigenvalue weighted by Gasteiger charge is -1.90. The van der Waals surface area contributed by atoms with Crippen LogP contribution in [0.5, 0.6) is 0 Å². The minimum atomic E-state index is 0.827. The Bertz CT molecular complexity index is 398. The predicted molar refractivity (Wildman–Crippen MR) is 52.1 cm³/mol. The highest BCUT2D eigenvalue weighted by molar-refractivity contribution is 5.81. The largest absolute Gasteiger partial charge is 0.358 e. The molecule has 1 N–H and O–H groups in total. The van der Waals surface area contributed by atoms with Gasteiger partial charge in [-0.1, -0.05) is 11.6 Å². The first-order valence-electron chi connectivity index (χ1n) is 4.17. The molecule has 2 aromatic rings. The lowest BCUT2D eigenvalue weighted by atomic mass is 10.2. The van der Waals surface area contributed by atoms with Crippen molar-refractivity contribution in [1.29, 1.82) is 0 Å². The first kappa shape index (κ1) is 7.41. The Morgan fingerprint density at radius 2 is 2.17 bits per heavy atom. The molecule has 0 saturated heterocycles. The molecule has 0 fully saturated rings. The summed E-state index contributed by atoms with van der Waals surface area (Å²) in [4.78, 5) is 3.31. The minimum absolute atomic E-state index is 0.827. The highest BCUT2D eigenvalue weighted by Gasteiger charge is 1.97. The first-order valence-corrected chi connectivity index (χ1v) is 4.17. The highest BCUT2D eigenvalue weighted by atomic mass is 14.7. The zero-order chi connectivity index (χ0) is 8.55. The Kier molecular flexibility index (Phi) is 1.65. The van der Waals surface area contributed by atoms with E-state index in [2.05, 4.69) is 43.1 Å². The number of aromatic amines is 1. The maximum Gasteiger partial charge on any atom is 0.0456 e. The van der Waals surface area contributed by atoms with Crippen LogP contribution in [0.3, 0.4) is 0 Å². The fourth-order valence-corrected chi connectivity index (χ4v) is 1.45. The maximum atomic E-state index is 3.84. The van der Waals surface area contributed by atoms with E-state index < -0.39 is 0 Å². The van der Waals surface area contributed by atoms with E-state index >= 15 is 0 Å². The number of hydrogen-bond acceptors (Lipinski definition) is 0. The second-order valence-electron chi connectivity index (χ2n) is 3.14. The molecule has 61 valence electrons. The number of aryl methyl sites for hydroxylation is 1. The number of fused-ring (bicyclic) bond motifs is 1. The number of aromatic nitrogens is 1. The van der Waals surface area contributed by atoms with Crippen molar-refractivity contribution in [2.75, 3.05) is 0 Å². The Hall–Kier alpha value is -1.24. The van der Waals surface area contributed by atoms with E-state index in [1.807, 2.05) is 0 Å². The summed E-state index contributed by atoms with van der Waals surface area (Å²) in [6.07, 6.45) is 0.827. The molecule has 0 atom stereocenters. The Morgan fingerprint density at radius 1 is 1.33 bits per heavy atom. The molecular weight excluding hydrogens is 146 g/mol. The van der Waals surface area contributed by atoms with E-state index in [-0.39, 0.29) is 0 Å². The van der Waals surface area contributed by atoms with Gasteiger partial charge in [0, 0.05) is 11.2 Å². The van der Waals surface area contributed by atoms with Crippen LogP contribution in [0.4, 0.5) is 0 Å². The number of rotatable bonds is 1. The van der Waals surface area contributed by atoms with E-state index in [1.165, 1.54) is 22.2 Å². The Labute approximate surface area is 72.4 Å². The van der Waals surface area contributed by atoms with Gasteiger partial charge in [0.1, 0.15) is 0 Å². The zero-order valence-corrected chi connectivity index (χ0v) is 7.22. The smallest absolute Gasteiger partial charge is 0.0456 e. The van der Waals surface area contributed by atoms with Crippen LogP contribution in [0.25, 0.3) is 10.9 Å². The molecule has 0 bridgehead atoms. The molecule has 0 aliphatic heterocycles. The average molecular weight is 158 g/mol. The van der Waals surface area contributed by atoms with Crippen LogP contribution in [0.2, 0.25) is 0 Å². The van der Waals surface area contributed by atoms with Gasteiger partial charge in [0.15, 0.2) is 0 Å². The molecule has 0 amide bonds. The van der Waals surface area contributed by atoms with E-state index in [0.29, 0.717) is 0 Å². The number of nitrogens with one attached hydrogen (secondary N) is 1. The van der Waals surface area contributed by atoms with Crippen LogP contribution in [-0.2, 0) is 6.42 Å². The molecule has 1 radical (unpaired) electrons. The fourth-order valence-electron chi connectivity index (χ4n) is 1.45. The van der Waals surface area contributed by atoms with Gasteiger partial charge in [-0.2, -0.15) is 0 Å². The van der Waals surface area contributed by atoms with Gasteiger partial charge in [-0.05, 0) is 43.9 Å². The van der Waals surface area contributed by atoms with Crippen LogP contribution in [0.1, 0.15) is 11.3 Å². The molecule has 1 heterocycles. The Balaban J connectivity index is 2.67. The molecule has 0 saturated carbocycles. The number of benzene rings is 1. The van der Waals surface area contributed by atoms with E-state index in [0.717, 1.165) is 6.42 Å². The quantitative estimate of drug-likeness (QED) is 0.656. The van der Waals surface area contributed by atoms with E-state index in [4.69, 9.17) is 0 Å². The van der Waals surface area contributed by atoms with Gasteiger partial charge >= 0.3 is 0 Å². The zero-order valence-electron chi connectivity index (χ0n) is 7.22. The summed E-state index contributed by atoms with van der Waals surface area (Å²) < 4.78 is 0. The van der Waals surface area contributed by atoms with E-state index in [9.17, 15) is 0 Å². The number of hydrogen-bond donors (Lipinski definition) is 1. The molecule has 0 aliphatic carbocycles. The Morgan fingerprint density at radius 3 is 2.92 bits per heavy atom. The molecule has 1 aromatic carbocycles. The fraction of sp³-hybridized carbons (Fsp3) is 0.182. The first-order chi connectivity index (χ1) is 5.79. The van der Waals surface area contributed by atoms with Crippen LogP contribution < -0.4 is 0 Å².